The highest BCUT2D eigenvalue weighted by molar-refractivity contribution is 6.34. The summed E-state index contributed by atoms with van der Waals surface area (Å²) in [6, 6.07) is 11.7. The van der Waals surface area contributed by atoms with E-state index in [9.17, 15) is 18.0 Å². The molecule has 2 aromatic heterocycles. The number of hydrogen-bond acceptors (Lipinski definition) is 3. The van der Waals surface area contributed by atoms with Crippen LogP contribution in [0.2, 0.25) is 5.02 Å². The molecule has 0 aliphatic carbocycles. The van der Waals surface area contributed by atoms with Crippen molar-refractivity contribution >= 4 is 28.8 Å². The number of amides is 1. The maximum Gasteiger partial charge on any atom is 0.416 e. The van der Waals surface area contributed by atoms with Gasteiger partial charge in [0.25, 0.3) is 5.91 Å². The maximum atomic E-state index is 12.9. The van der Waals surface area contributed by atoms with Crippen LogP contribution in [-0.2, 0) is 6.18 Å². The fourth-order valence-corrected chi connectivity index (χ4v) is 3.31. The highest BCUT2D eigenvalue weighted by atomic mass is 35.5. The summed E-state index contributed by atoms with van der Waals surface area (Å²) in [7, 11) is 1.58. The third-order valence-electron chi connectivity index (χ3n) is 4.64. The first-order valence-corrected chi connectivity index (χ1v) is 9.17. The van der Waals surface area contributed by atoms with Crippen molar-refractivity contribution in [1.82, 2.24) is 14.4 Å². The average molecular weight is 431 g/mol. The van der Waals surface area contributed by atoms with Gasteiger partial charge in [-0.05, 0) is 24.3 Å². The minimum Gasteiger partial charge on any atom is -0.309 e. The fraction of sp³-hybridized carbons (Fsp3) is 0.0952. The lowest BCUT2D eigenvalue weighted by Gasteiger charge is -2.18. The van der Waals surface area contributed by atoms with Crippen molar-refractivity contribution in [2.75, 3.05) is 11.9 Å². The molecule has 0 radical (unpaired) electrons. The van der Waals surface area contributed by atoms with Crippen molar-refractivity contribution in [3.8, 4) is 11.3 Å². The van der Waals surface area contributed by atoms with E-state index < -0.39 is 17.6 Å². The number of carbonyl (C=O) groups excluding carboxylic acids is 1. The summed E-state index contributed by atoms with van der Waals surface area (Å²) < 4.78 is 40.1. The van der Waals surface area contributed by atoms with Gasteiger partial charge in [-0.2, -0.15) is 13.2 Å². The molecule has 4 aromatic rings. The Balaban J connectivity index is 1.71. The summed E-state index contributed by atoms with van der Waals surface area (Å²) in [5.41, 5.74) is 1.45. The fourth-order valence-electron chi connectivity index (χ4n) is 3.05. The van der Waals surface area contributed by atoms with Crippen LogP contribution >= 0.6 is 11.6 Å². The molecule has 152 valence electrons. The Bertz CT molecular complexity index is 1240. The molecule has 0 unspecified atom stereocenters. The number of para-hydroxylation sites is 1. The van der Waals surface area contributed by atoms with Gasteiger partial charge < -0.3 is 4.90 Å². The molecule has 9 heteroatoms. The molecule has 0 fully saturated rings. The van der Waals surface area contributed by atoms with Crippen molar-refractivity contribution < 1.29 is 18.0 Å². The Kier molecular flexibility index (Phi) is 4.95. The molecule has 5 nitrogen and oxygen atoms in total. The van der Waals surface area contributed by atoms with Gasteiger partial charge in [-0.3, -0.25) is 9.20 Å². The van der Waals surface area contributed by atoms with E-state index in [1.54, 1.807) is 35.7 Å². The monoisotopic (exact) mass is 430 g/mol. The Morgan fingerprint density at radius 2 is 1.73 bits per heavy atom. The van der Waals surface area contributed by atoms with Crippen LogP contribution in [-0.4, -0.2) is 27.3 Å². The number of hydrogen-bond donors (Lipinski definition) is 0. The molecule has 30 heavy (non-hydrogen) atoms. The zero-order valence-electron chi connectivity index (χ0n) is 15.6. The first kappa shape index (κ1) is 19.9. The number of benzene rings is 2. The third kappa shape index (κ3) is 3.61. The summed E-state index contributed by atoms with van der Waals surface area (Å²) >= 11 is 6.17. The summed E-state index contributed by atoms with van der Waals surface area (Å²) in [4.78, 5) is 22.7. The number of aromatic nitrogens is 3. The normalized spacial score (nSPS) is 11.6. The average Bonchev–Trinajstić information content (AvgIpc) is 3.16. The van der Waals surface area contributed by atoms with Gasteiger partial charge >= 0.3 is 6.18 Å². The molecule has 2 aromatic carbocycles. The predicted octanol–water partition coefficient (Wildman–Crippen LogP) is 5.35. The van der Waals surface area contributed by atoms with Crippen LogP contribution in [0, 0.1) is 0 Å². The maximum absolute atomic E-state index is 12.9. The van der Waals surface area contributed by atoms with E-state index in [1.807, 2.05) is 0 Å². The summed E-state index contributed by atoms with van der Waals surface area (Å²) in [6.07, 6.45) is 0.0444. The van der Waals surface area contributed by atoms with E-state index in [2.05, 4.69) is 9.97 Å². The number of rotatable bonds is 3. The third-order valence-corrected chi connectivity index (χ3v) is 4.96. The molecule has 0 N–H and O–H groups in total. The van der Waals surface area contributed by atoms with Crippen molar-refractivity contribution in [1.29, 1.82) is 0 Å². The summed E-state index contributed by atoms with van der Waals surface area (Å²) in [6.45, 7) is 0. The topological polar surface area (TPSA) is 50.5 Å². The molecular weight excluding hydrogens is 417 g/mol. The number of nitrogens with zero attached hydrogens (tertiary/aromatic N) is 4. The van der Waals surface area contributed by atoms with Crippen LogP contribution in [0.4, 0.5) is 18.9 Å². The van der Waals surface area contributed by atoms with Crippen molar-refractivity contribution in [3.05, 3.63) is 83.4 Å². The highest BCUT2D eigenvalue weighted by Gasteiger charge is 2.30. The zero-order valence-corrected chi connectivity index (χ0v) is 16.3. The van der Waals surface area contributed by atoms with E-state index in [4.69, 9.17) is 11.6 Å². The summed E-state index contributed by atoms with van der Waals surface area (Å²) in [5.74, 6) is -0.392. The lowest BCUT2D eigenvalue weighted by Crippen LogP contribution is -2.27. The number of alkyl halides is 3. The lowest BCUT2D eigenvalue weighted by atomic mass is 10.1. The number of imidazole rings is 1. The molecule has 0 atom stereocenters. The van der Waals surface area contributed by atoms with Crippen molar-refractivity contribution in [2.45, 2.75) is 6.18 Å². The molecule has 2 heterocycles. The van der Waals surface area contributed by atoms with Gasteiger partial charge in [-0.25, -0.2) is 9.97 Å². The van der Waals surface area contributed by atoms with Gasteiger partial charge in [0, 0.05) is 18.8 Å². The number of fused-ring (bicyclic) bond motifs is 1. The van der Waals surface area contributed by atoms with Crippen LogP contribution in [0.25, 0.3) is 16.9 Å². The minimum atomic E-state index is -4.41. The SMILES string of the molecule is CN(C(=O)c1cn2c(-c3ccc(C(F)(F)F)cc3)cnc2cn1)c1ccccc1Cl. The van der Waals surface area contributed by atoms with Gasteiger partial charge in [0.1, 0.15) is 5.69 Å². The van der Waals surface area contributed by atoms with Crippen LogP contribution in [0.1, 0.15) is 16.1 Å². The minimum absolute atomic E-state index is 0.135. The molecule has 0 bridgehead atoms. The van der Waals surface area contributed by atoms with Gasteiger partial charge in [-0.1, -0.05) is 35.9 Å². The van der Waals surface area contributed by atoms with Crippen molar-refractivity contribution in [2.24, 2.45) is 0 Å². The molecule has 1 amide bonds. The second-order valence-corrected chi connectivity index (χ2v) is 6.94. The lowest BCUT2D eigenvalue weighted by molar-refractivity contribution is -0.137. The van der Waals surface area contributed by atoms with Crippen LogP contribution < -0.4 is 4.90 Å². The highest BCUT2D eigenvalue weighted by Crippen LogP contribution is 2.31. The van der Waals surface area contributed by atoms with E-state index in [1.165, 1.54) is 35.6 Å². The van der Waals surface area contributed by atoms with Crippen LogP contribution in [0.15, 0.2) is 67.1 Å². The van der Waals surface area contributed by atoms with E-state index in [0.29, 0.717) is 27.6 Å². The predicted molar refractivity (Wildman–Crippen MR) is 108 cm³/mol. The number of carbonyl (C=O) groups is 1. The Labute approximate surface area is 174 Å². The van der Waals surface area contributed by atoms with Gasteiger partial charge in [-0.15, -0.1) is 0 Å². The molecule has 0 spiro atoms. The molecule has 0 saturated heterocycles. The first-order chi connectivity index (χ1) is 14.3. The molecule has 0 saturated carbocycles. The first-order valence-electron chi connectivity index (χ1n) is 8.79. The zero-order chi connectivity index (χ0) is 21.5. The van der Waals surface area contributed by atoms with Gasteiger partial charge in [0.15, 0.2) is 5.65 Å². The van der Waals surface area contributed by atoms with Crippen molar-refractivity contribution in [3.63, 3.8) is 0 Å². The molecule has 0 aliphatic heterocycles. The number of anilines is 1. The Hall–Kier alpha value is -3.39. The van der Waals surface area contributed by atoms with Gasteiger partial charge in [0.05, 0.1) is 34.4 Å². The second kappa shape index (κ2) is 7.46. The van der Waals surface area contributed by atoms with E-state index >= 15 is 0 Å². The van der Waals surface area contributed by atoms with E-state index in [-0.39, 0.29) is 5.69 Å². The van der Waals surface area contributed by atoms with Crippen LogP contribution in [0.3, 0.4) is 0 Å². The Morgan fingerprint density at radius 3 is 2.40 bits per heavy atom. The molecular formula is C21H14ClF3N4O. The smallest absolute Gasteiger partial charge is 0.309 e. The second-order valence-electron chi connectivity index (χ2n) is 6.53. The largest absolute Gasteiger partial charge is 0.416 e. The van der Waals surface area contributed by atoms with E-state index in [0.717, 1.165) is 12.1 Å². The molecule has 4 rings (SSSR count). The number of halogens is 4. The Morgan fingerprint density at radius 1 is 1.03 bits per heavy atom. The van der Waals surface area contributed by atoms with Gasteiger partial charge in [0.2, 0.25) is 0 Å². The standard InChI is InChI=1S/C21H14ClF3N4O/c1-28(17-5-3-2-4-15(17)22)20(30)16-12-29-18(10-27-19(29)11-26-16)13-6-8-14(9-7-13)21(23,24)25/h2-12H,1H3. The van der Waals surface area contributed by atoms with Crippen LogP contribution in [0.5, 0.6) is 0 Å². The molecule has 0 aliphatic rings. The quantitative estimate of drug-likeness (QED) is 0.440. The summed E-state index contributed by atoms with van der Waals surface area (Å²) in [5, 5.41) is 0.419.